The maximum absolute atomic E-state index is 13.4. The second-order valence-corrected chi connectivity index (χ2v) is 9.07. The number of aryl methyl sites for hydroxylation is 1. The predicted molar refractivity (Wildman–Crippen MR) is 144 cm³/mol. The summed E-state index contributed by atoms with van der Waals surface area (Å²) in [5, 5.41) is 6.79. The second kappa shape index (κ2) is 10.5. The molecular weight excluding hydrogens is 491 g/mol. The number of furan rings is 1. The number of aromatic nitrogens is 1. The van der Waals surface area contributed by atoms with Gasteiger partial charge < -0.3 is 24.7 Å². The van der Waals surface area contributed by atoms with E-state index in [0.717, 1.165) is 22.5 Å². The molecule has 0 radical (unpaired) electrons. The third kappa shape index (κ3) is 5.09. The Morgan fingerprint density at radius 2 is 1.97 bits per heavy atom. The molecule has 1 saturated heterocycles. The first-order chi connectivity index (χ1) is 17.9. The summed E-state index contributed by atoms with van der Waals surface area (Å²) in [4.78, 5) is 18.6. The summed E-state index contributed by atoms with van der Waals surface area (Å²) in [5.74, 6) is 0.769. The number of halogens is 1. The van der Waals surface area contributed by atoms with Crippen molar-refractivity contribution in [3.05, 3.63) is 102 Å². The molecule has 2 N–H and O–H groups in total. The maximum atomic E-state index is 13.4. The van der Waals surface area contributed by atoms with E-state index in [2.05, 4.69) is 15.6 Å². The lowest BCUT2D eigenvalue weighted by atomic mass is 10.0. The summed E-state index contributed by atoms with van der Waals surface area (Å²) in [5.41, 5.74) is 3.99. The quantitative estimate of drug-likeness (QED) is 0.312. The lowest BCUT2D eigenvalue weighted by molar-refractivity contribution is -0.119. The minimum Gasteiger partial charge on any atom is -0.459 e. The van der Waals surface area contributed by atoms with E-state index in [-0.39, 0.29) is 30.4 Å². The Balaban J connectivity index is 1.53. The van der Waals surface area contributed by atoms with Gasteiger partial charge in [0.25, 0.3) is 0 Å². The van der Waals surface area contributed by atoms with Gasteiger partial charge in [0.05, 0.1) is 11.7 Å². The number of methoxy groups -OCH3 is 1. The third-order valence-electron chi connectivity index (χ3n) is 6.18. The van der Waals surface area contributed by atoms with Crippen LogP contribution in [0, 0.1) is 12.7 Å². The number of carbonyl (C=O) groups excluding carboxylic acids is 1. The summed E-state index contributed by atoms with van der Waals surface area (Å²) in [6.07, 6.45) is 1.74. The molecule has 2 aromatic carbocycles. The molecular formula is C28H25FN4O3S. The van der Waals surface area contributed by atoms with Crippen molar-refractivity contribution in [1.29, 1.82) is 0 Å². The Kier molecular flexibility index (Phi) is 6.98. The van der Waals surface area contributed by atoms with Crippen molar-refractivity contribution in [2.75, 3.05) is 23.9 Å². The second-order valence-electron chi connectivity index (χ2n) is 8.69. The van der Waals surface area contributed by atoms with Gasteiger partial charge in [-0.25, -0.2) is 4.39 Å². The first-order valence-corrected chi connectivity index (χ1v) is 12.1. The van der Waals surface area contributed by atoms with Gasteiger partial charge in [0.15, 0.2) is 5.11 Å². The van der Waals surface area contributed by atoms with E-state index in [0.29, 0.717) is 22.3 Å². The molecule has 188 valence electrons. The van der Waals surface area contributed by atoms with Gasteiger partial charge in [0.2, 0.25) is 5.91 Å². The molecule has 2 aromatic heterocycles. The number of pyridine rings is 1. The summed E-state index contributed by atoms with van der Waals surface area (Å²) in [6, 6.07) is 20.8. The molecule has 0 saturated carbocycles. The van der Waals surface area contributed by atoms with Gasteiger partial charge in [-0.15, -0.1) is 0 Å². The van der Waals surface area contributed by atoms with Crippen LogP contribution in [0.25, 0.3) is 11.3 Å². The van der Waals surface area contributed by atoms with Crippen LogP contribution >= 0.6 is 12.2 Å². The van der Waals surface area contributed by atoms with Gasteiger partial charge in [0, 0.05) is 30.2 Å². The summed E-state index contributed by atoms with van der Waals surface area (Å²) in [6.45, 7) is 1.90. The molecule has 2 atom stereocenters. The molecule has 4 aromatic rings. The molecule has 1 aliphatic heterocycles. The van der Waals surface area contributed by atoms with E-state index in [9.17, 15) is 9.18 Å². The largest absolute Gasteiger partial charge is 0.459 e. The molecule has 1 aliphatic rings. The fraction of sp³-hybridized carbons (Fsp3) is 0.179. The van der Waals surface area contributed by atoms with Crippen LogP contribution in [0.3, 0.4) is 0 Å². The number of nitrogens with one attached hydrogen (secondary N) is 2. The van der Waals surface area contributed by atoms with Crippen LogP contribution in [0.2, 0.25) is 0 Å². The van der Waals surface area contributed by atoms with Crippen molar-refractivity contribution in [2.45, 2.75) is 19.0 Å². The molecule has 9 heteroatoms. The molecule has 1 fully saturated rings. The summed E-state index contributed by atoms with van der Waals surface area (Å²) >= 11 is 5.79. The van der Waals surface area contributed by atoms with Gasteiger partial charge in [-0.2, -0.15) is 0 Å². The van der Waals surface area contributed by atoms with Crippen LogP contribution < -0.4 is 15.5 Å². The average Bonchev–Trinajstić information content (AvgIpc) is 3.51. The van der Waals surface area contributed by atoms with E-state index >= 15 is 0 Å². The zero-order valence-corrected chi connectivity index (χ0v) is 21.1. The highest BCUT2D eigenvalue weighted by Crippen LogP contribution is 2.43. The number of amides is 1. The Morgan fingerprint density at radius 3 is 2.68 bits per heavy atom. The monoisotopic (exact) mass is 516 g/mol. The smallest absolute Gasteiger partial charge is 0.250 e. The number of hydrogen-bond acceptors (Lipinski definition) is 5. The number of thiocarbonyl (C=S) groups is 1. The molecule has 0 aliphatic carbocycles. The minimum absolute atomic E-state index is 0.0238. The highest BCUT2D eigenvalue weighted by Gasteiger charge is 2.42. The van der Waals surface area contributed by atoms with Crippen molar-refractivity contribution in [1.82, 2.24) is 10.3 Å². The molecule has 3 heterocycles. The van der Waals surface area contributed by atoms with Crippen molar-refractivity contribution in [3.8, 4) is 11.3 Å². The molecule has 1 amide bonds. The standard InChI is InChI=1S/C28H25FN4O3S/c1-17-15-20(10-11-21(17)31-25(34)16-35-2)33-27(26(32-28(33)37)22-5-3-4-14-30-22)24-13-12-23(36-24)18-6-8-19(29)9-7-18/h3-15,26-27H,16H2,1-2H3,(H,31,34)(H,32,37)/t26-,27+/m1/s1. The SMILES string of the molecule is COCC(=O)Nc1ccc(N2C(=S)N[C@H](c3ccccn3)[C@@H]2c2ccc(-c3ccc(F)cc3)o2)cc1C. The fourth-order valence-corrected chi connectivity index (χ4v) is 4.80. The topological polar surface area (TPSA) is 79.6 Å². The van der Waals surface area contributed by atoms with E-state index in [4.69, 9.17) is 21.4 Å². The molecule has 7 nitrogen and oxygen atoms in total. The van der Waals surface area contributed by atoms with Gasteiger partial charge in [0.1, 0.15) is 30.0 Å². The molecule has 0 bridgehead atoms. The van der Waals surface area contributed by atoms with E-state index in [1.165, 1.54) is 19.2 Å². The van der Waals surface area contributed by atoms with Gasteiger partial charge in [-0.05, 0) is 91.4 Å². The lowest BCUT2D eigenvalue weighted by Gasteiger charge is -2.26. The van der Waals surface area contributed by atoms with Crippen LogP contribution in [0.4, 0.5) is 15.8 Å². The van der Waals surface area contributed by atoms with Crippen molar-refractivity contribution < 1.29 is 18.3 Å². The molecule has 0 spiro atoms. The number of carbonyl (C=O) groups is 1. The summed E-state index contributed by atoms with van der Waals surface area (Å²) < 4.78 is 24.7. The lowest BCUT2D eigenvalue weighted by Crippen LogP contribution is -2.29. The highest BCUT2D eigenvalue weighted by molar-refractivity contribution is 7.80. The van der Waals surface area contributed by atoms with Gasteiger partial charge >= 0.3 is 0 Å². The van der Waals surface area contributed by atoms with Gasteiger partial charge in [-0.1, -0.05) is 6.07 Å². The molecule has 5 rings (SSSR count). The van der Waals surface area contributed by atoms with E-state index in [1.807, 2.05) is 60.4 Å². The van der Waals surface area contributed by atoms with Crippen molar-refractivity contribution in [2.24, 2.45) is 0 Å². The van der Waals surface area contributed by atoms with Crippen LogP contribution in [0.1, 0.15) is 29.1 Å². The van der Waals surface area contributed by atoms with Crippen molar-refractivity contribution >= 4 is 34.6 Å². The Labute approximate surface area is 219 Å². The average molecular weight is 517 g/mol. The Morgan fingerprint density at radius 1 is 1.16 bits per heavy atom. The van der Waals surface area contributed by atoms with Crippen molar-refractivity contribution in [3.63, 3.8) is 0 Å². The number of rotatable bonds is 7. The first kappa shape index (κ1) is 24.6. The third-order valence-corrected chi connectivity index (χ3v) is 6.50. The number of benzene rings is 2. The van der Waals surface area contributed by atoms with E-state index in [1.54, 1.807) is 18.3 Å². The molecule has 0 unspecified atom stereocenters. The Bertz CT molecular complexity index is 1430. The normalized spacial score (nSPS) is 17.1. The number of anilines is 2. The van der Waals surface area contributed by atoms with Crippen LogP contribution in [-0.2, 0) is 9.53 Å². The van der Waals surface area contributed by atoms with Crippen LogP contribution in [0.5, 0.6) is 0 Å². The Hall–Kier alpha value is -4.08. The predicted octanol–water partition coefficient (Wildman–Crippen LogP) is 5.55. The number of hydrogen-bond donors (Lipinski definition) is 2. The minimum atomic E-state index is -0.343. The van der Waals surface area contributed by atoms with Crippen LogP contribution in [0.15, 0.2) is 83.4 Å². The number of nitrogens with zero attached hydrogens (tertiary/aromatic N) is 2. The fourth-order valence-electron chi connectivity index (χ4n) is 4.46. The number of ether oxygens (including phenoxy) is 1. The first-order valence-electron chi connectivity index (χ1n) is 11.7. The summed E-state index contributed by atoms with van der Waals surface area (Å²) in [7, 11) is 1.48. The maximum Gasteiger partial charge on any atom is 0.250 e. The van der Waals surface area contributed by atoms with Crippen LogP contribution in [-0.4, -0.2) is 29.7 Å². The molecule has 37 heavy (non-hydrogen) atoms. The van der Waals surface area contributed by atoms with E-state index < -0.39 is 0 Å². The highest BCUT2D eigenvalue weighted by atomic mass is 32.1. The zero-order chi connectivity index (χ0) is 25.9. The van der Waals surface area contributed by atoms with Gasteiger partial charge in [-0.3, -0.25) is 9.78 Å². The zero-order valence-electron chi connectivity index (χ0n) is 20.3.